The molecule has 6 nitrogen and oxygen atoms in total. The summed E-state index contributed by atoms with van der Waals surface area (Å²) in [5, 5.41) is 3.07. The van der Waals surface area contributed by atoms with Crippen molar-refractivity contribution >= 4 is 11.6 Å². The van der Waals surface area contributed by atoms with Crippen molar-refractivity contribution in [3.8, 4) is 5.69 Å². The van der Waals surface area contributed by atoms with Gasteiger partial charge in [0.15, 0.2) is 0 Å². The molecule has 3 heterocycles. The number of benzene rings is 1. The summed E-state index contributed by atoms with van der Waals surface area (Å²) in [4.78, 5) is 30.8. The Bertz CT molecular complexity index is 1050. The maximum absolute atomic E-state index is 13.2. The number of carbonyl (C=O) groups excluding carboxylic acids is 1. The predicted octanol–water partition coefficient (Wildman–Crippen LogP) is 2.37. The number of amides is 1. The highest BCUT2D eigenvalue weighted by atomic mass is 19.1. The molecule has 0 bridgehead atoms. The Hall–Kier alpha value is -3.48. The summed E-state index contributed by atoms with van der Waals surface area (Å²) in [5.74, 6) is -0.373. The molecule has 1 N–H and O–H groups in total. The van der Waals surface area contributed by atoms with Crippen LogP contribution in [0.3, 0.4) is 0 Å². The molecule has 0 saturated carbocycles. The average Bonchev–Trinajstić information content (AvgIpc) is 2.72. The van der Waals surface area contributed by atoms with Gasteiger partial charge in [0.05, 0.1) is 12.2 Å². The van der Waals surface area contributed by atoms with Gasteiger partial charge in [-0.1, -0.05) is 0 Å². The van der Waals surface area contributed by atoms with Crippen molar-refractivity contribution in [2.45, 2.75) is 13.0 Å². The Kier molecular flexibility index (Phi) is 4.89. The first-order chi connectivity index (χ1) is 13.6. The normalized spacial score (nSPS) is 13.1. The lowest BCUT2D eigenvalue weighted by Crippen LogP contribution is -2.40. The third kappa shape index (κ3) is 3.78. The van der Waals surface area contributed by atoms with Crippen molar-refractivity contribution in [2.75, 3.05) is 18.4 Å². The van der Waals surface area contributed by atoms with E-state index in [9.17, 15) is 14.0 Å². The predicted molar refractivity (Wildman–Crippen MR) is 104 cm³/mol. The van der Waals surface area contributed by atoms with Crippen molar-refractivity contribution in [1.29, 1.82) is 0 Å². The van der Waals surface area contributed by atoms with Crippen LogP contribution in [-0.4, -0.2) is 33.4 Å². The van der Waals surface area contributed by atoms with E-state index in [1.54, 1.807) is 47.8 Å². The van der Waals surface area contributed by atoms with Gasteiger partial charge in [-0.15, -0.1) is 0 Å². The number of hydrogen-bond donors (Lipinski definition) is 1. The Balaban J connectivity index is 1.51. The van der Waals surface area contributed by atoms with Gasteiger partial charge in [-0.05, 0) is 53.9 Å². The minimum Gasteiger partial charge on any atom is -0.375 e. The quantitative estimate of drug-likeness (QED) is 0.757. The topological polar surface area (TPSA) is 67.2 Å². The molecule has 4 rings (SSSR count). The molecule has 7 heteroatoms. The van der Waals surface area contributed by atoms with Gasteiger partial charge in [-0.2, -0.15) is 0 Å². The first-order valence-corrected chi connectivity index (χ1v) is 9.02. The number of carbonyl (C=O) groups is 1. The van der Waals surface area contributed by atoms with Gasteiger partial charge >= 0.3 is 0 Å². The third-order valence-electron chi connectivity index (χ3n) is 4.81. The van der Waals surface area contributed by atoms with Crippen LogP contribution in [-0.2, 0) is 17.8 Å². The number of halogens is 1. The van der Waals surface area contributed by atoms with Crippen molar-refractivity contribution in [3.63, 3.8) is 0 Å². The fourth-order valence-corrected chi connectivity index (χ4v) is 3.30. The van der Waals surface area contributed by atoms with E-state index in [0.717, 1.165) is 16.8 Å². The highest BCUT2D eigenvalue weighted by Gasteiger charge is 2.22. The average molecular weight is 378 g/mol. The molecule has 0 spiro atoms. The maximum atomic E-state index is 13.2. The summed E-state index contributed by atoms with van der Waals surface area (Å²) >= 11 is 0. The van der Waals surface area contributed by atoms with E-state index in [2.05, 4.69) is 10.3 Å². The summed E-state index contributed by atoms with van der Waals surface area (Å²) in [5.41, 5.74) is 3.09. The lowest BCUT2D eigenvalue weighted by atomic mass is 10.0. The van der Waals surface area contributed by atoms with Crippen LogP contribution in [0.4, 0.5) is 10.1 Å². The summed E-state index contributed by atoms with van der Waals surface area (Å²) in [6.07, 6.45) is 5.72. The number of nitrogens with zero attached hydrogens (tertiary/aromatic N) is 3. The molecule has 0 saturated heterocycles. The van der Waals surface area contributed by atoms with Crippen molar-refractivity contribution in [1.82, 2.24) is 14.5 Å². The Morgan fingerprint density at radius 1 is 1.18 bits per heavy atom. The lowest BCUT2D eigenvalue weighted by molar-refractivity contribution is -0.130. The van der Waals surface area contributed by atoms with E-state index < -0.39 is 0 Å². The van der Waals surface area contributed by atoms with Gasteiger partial charge in [0.1, 0.15) is 5.82 Å². The second-order valence-corrected chi connectivity index (χ2v) is 6.67. The second-order valence-electron chi connectivity index (χ2n) is 6.67. The maximum Gasteiger partial charge on any atom is 0.255 e. The van der Waals surface area contributed by atoms with Crippen LogP contribution >= 0.6 is 0 Å². The molecule has 1 amide bonds. The van der Waals surface area contributed by atoms with E-state index in [4.69, 9.17) is 0 Å². The van der Waals surface area contributed by atoms with Crippen LogP contribution in [0.5, 0.6) is 0 Å². The third-order valence-corrected chi connectivity index (χ3v) is 4.81. The zero-order valence-electron chi connectivity index (χ0n) is 15.1. The Morgan fingerprint density at radius 3 is 2.75 bits per heavy atom. The molecule has 0 radical (unpaired) electrons. The molecule has 0 fully saturated rings. The largest absolute Gasteiger partial charge is 0.375 e. The fraction of sp³-hybridized carbons (Fsp3) is 0.190. The number of pyridine rings is 2. The van der Waals surface area contributed by atoms with Gasteiger partial charge < -0.3 is 10.2 Å². The Labute approximate surface area is 161 Å². The van der Waals surface area contributed by atoms with Crippen molar-refractivity contribution < 1.29 is 9.18 Å². The second kappa shape index (κ2) is 7.64. The van der Waals surface area contributed by atoms with Gasteiger partial charge in [0, 0.05) is 43.4 Å². The number of fused-ring (bicyclic) bond motifs is 1. The molecular weight excluding hydrogens is 359 g/mol. The van der Waals surface area contributed by atoms with Crippen molar-refractivity contribution in [2.24, 2.45) is 0 Å². The smallest absolute Gasteiger partial charge is 0.255 e. The SMILES string of the molecule is O=C(CNc1cccnc1)N1CCc2cc(=O)n(-c3ccc(F)cc3)cc2C1. The van der Waals surface area contributed by atoms with Gasteiger partial charge in [0.2, 0.25) is 5.91 Å². The van der Waals surface area contributed by atoms with E-state index in [1.165, 1.54) is 16.7 Å². The van der Waals surface area contributed by atoms with Crippen LogP contribution in [0, 0.1) is 5.82 Å². The standard InChI is InChI=1S/C21H19FN4O2/c22-17-3-5-19(6-4-17)26-14-16-13-25(9-7-15(16)10-20(26)27)21(28)12-24-18-2-1-8-23-11-18/h1-6,8,10-11,14,24H,7,9,12-13H2. The van der Waals surface area contributed by atoms with Crippen LogP contribution in [0.25, 0.3) is 5.69 Å². The summed E-state index contributed by atoms with van der Waals surface area (Å²) in [6.45, 7) is 1.18. The molecule has 0 aliphatic carbocycles. The van der Waals surface area contributed by atoms with Gasteiger partial charge in [0.25, 0.3) is 5.56 Å². The molecule has 142 valence electrons. The van der Waals surface area contributed by atoms with Crippen LogP contribution in [0.15, 0.2) is 65.8 Å². The van der Waals surface area contributed by atoms with Crippen LogP contribution in [0.1, 0.15) is 11.1 Å². The molecular formula is C21H19FN4O2. The number of nitrogens with one attached hydrogen (secondary N) is 1. The van der Waals surface area contributed by atoms with E-state index in [-0.39, 0.29) is 23.8 Å². The minimum absolute atomic E-state index is 0.0194. The summed E-state index contributed by atoms with van der Waals surface area (Å²) < 4.78 is 14.7. The summed E-state index contributed by atoms with van der Waals surface area (Å²) in [7, 11) is 0. The number of hydrogen-bond acceptors (Lipinski definition) is 4. The first-order valence-electron chi connectivity index (χ1n) is 9.02. The molecule has 0 atom stereocenters. The van der Waals surface area contributed by atoms with Gasteiger partial charge in [-0.25, -0.2) is 4.39 Å². The highest BCUT2D eigenvalue weighted by Crippen LogP contribution is 2.19. The molecule has 28 heavy (non-hydrogen) atoms. The molecule has 3 aromatic rings. The highest BCUT2D eigenvalue weighted by molar-refractivity contribution is 5.81. The van der Waals surface area contributed by atoms with Gasteiger partial charge in [-0.3, -0.25) is 19.1 Å². The number of anilines is 1. The number of aromatic nitrogens is 2. The van der Waals surface area contributed by atoms with Crippen LogP contribution in [0.2, 0.25) is 0 Å². The fourth-order valence-electron chi connectivity index (χ4n) is 3.30. The molecule has 2 aromatic heterocycles. The lowest BCUT2D eigenvalue weighted by Gasteiger charge is -2.29. The molecule has 1 aliphatic heterocycles. The monoisotopic (exact) mass is 378 g/mol. The van der Waals surface area contributed by atoms with E-state index in [0.29, 0.717) is 25.2 Å². The van der Waals surface area contributed by atoms with E-state index >= 15 is 0 Å². The molecule has 1 aromatic carbocycles. The molecule has 1 aliphatic rings. The zero-order chi connectivity index (χ0) is 19.5. The first kappa shape index (κ1) is 17.9. The summed E-state index contributed by atoms with van der Waals surface area (Å²) in [6, 6.07) is 11.0. The molecule has 0 unspecified atom stereocenters. The minimum atomic E-state index is -0.354. The number of rotatable bonds is 4. The van der Waals surface area contributed by atoms with E-state index in [1.807, 2.05) is 6.07 Å². The zero-order valence-corrected chi connectivity index (χ0v) is 15.1. The Morgan fingerprint density at radius 2 is 2.00 bits per heavy atom. The van der Waals surface area contributed by atoms with Crippen LogP contribution < -0.4 is 10.9 Å². The van der Waals surface area contributed by atoms with Crippen molar-refractivity contribution in [3.05, 3.63) is 88.4 Å².